The molecule has 0 radical (unpaired) electrons. The maximum Gasteiger partial charge on any atom is 0.333 e. The Labute approximate surface area is 108 Å². The van der Waals surface area contributed by atoms with Crippen LogP contribution in [0.1, 0.15) is 13.8 Å². The molecule has 0 heterocycles. The molecule has 5 nitrogen and oxygen atoms in total. The average molecular weight is 258 g/mol. The van der Waals surface area contributed by atoms with Gasteiger partial charge in [0.15, 0.2) is 0 Å². The molecule has 2 N–H and O–H groups in total. The Bertz CT molecular complexity index is 305. The average Bonchev–Trinajstić information content (AvgIpc) is 2.32. The number of carbonyl (C=O) groups is 1. The van der Waals surface area contributed by atoms with Crippen LogP contribution in [0.5, 0.6) is 0 Å². The van der Waals surface area contributed by atoms with E-state index in [1.54, 1.807) is 6.92 Å². The van der Waals surface area contributed by atoms with Crippen LogP contribution in [0.25, 0.3) is 0 Å². The summed E-state index contributed by atoms with van der Waals surface area (Å²) in [6.45, 7) is 10.1. The molecule has 0 amide bonds. The third kappa shape index (κ3) is 5.95. The van der Waals surface area contributed by atoms with E-state index in [1.165, 1.54) is 6.92 Å². The van der Waals surface area contributed by atoms with Gasteiger partial charge in [-0.25, -0.2) is 4.79 Å². The summed E-state index contributed by atoms with van der Waals surface area (Å²) in [7, 11) is 0. The fourth-order valence-electron chi connectivity index (χ4n) is 1.06. The minimum absolute atomic E-state index is 0.0797. The van der Waals surface area contributed by atoms with Crippen LogP contribution in [-0.4, -0.2) is 49.2 Å². The summed E-state index contributed by atoms with van der Waals surface area (Å²) in [5.41, 5.74) is 0.0990. The molecule has 104 valence electrons. The molecule has 0 saturated carbocycles. The Hall–Kier alpha value is -1.17. The molecule has 0 saturated heterocycles. The van der Waals surface area contributed by atoms with Crippen molar-refractivity contribution in [3.8, 4) is 0 Å². The van der Waals surface area contributed by atoms with Crippen molar-refractivity contribution in [2.45, 2.75) is 13.8 Å². The zero-order valence-corrected chi connectivity index (χ0v) is 11.1. The largest absolute Gasteiger partial charge is 0.461 e. The van der Waals surface area contributed by atoms with E-state index in [9.17, 15) is 15.0 Å². The van der Waals surface area contributed by atoms with Gasteiger partial charge in [-0.1, -0.05) is 18.7 Å². The highest BCUT2D eigenvalue weighted by atomic mass is 16.5. The molecule has 0 aromatic heterocycles. The smallest absolute Gasteiger partial charge is 0.333 e. The number of carbonyl (C=O) groups excluding carboxylic acids is 1. The van der Waals surface area contributed by atoms with Crippen molar-refractivity contribution < 1.29 is 24.5 Å². The van der Waals surface area contributed by atoms with Gasteiger partial charge in [-0.15, -0.1) is 0 Å². The van der Waals surface area contributed by atoms with Crippen LogP contribution >= 0.6 is 0 Å². The molecule has 0 atom stereocenters. The first-order chi connectivity index (χ1) is 8.37. The van der Waals surface area contributed by atoms with E-state index in [-0.39, 0.29) is 32.0 Å². The fourth-order valence-corrected chi connectivity index (χ4v) is 1.06. The highest BCUT2D eigenvalue weighted by Crippen LogP contribution is 2.18. The SMILES string of the molecule is C=C(C)COCC(CO)(CO)COC(=O)C(=C)C. The Kier molecular flexibility index (Phi) is 7.50. The van der Waals surface area contributed by atoms with Crippen molar-refractivity contribution in [1.29, 1.82) is 0 Å². The van der Waals surface area contributed by atoms with Crippen molar-refractivity contribution in [1.82, 2.24) is 0 Å². The van der Waals surface area contributed by atoms with Crippen molar-refractivity contribution in [3.63, 3.8) is 0 Å². The van der Waals surface area contributed by atoms with Crippen LogP contribution in [0.2, 0.25) is 0 Å². The molecule has 5 heteroatoms. The Morgan fingerprint density at radius 2 is 1.72 bits per heavy atom. The third-order valence-electron chi connectivity index (χ3n) is 2.29. The number of hydrogen-bond donors (Lipinski definition) is 2. The monoisotopic (exact) mass is 258 g/mol. The van der Waals surface area contributed by atoms with E-state index in [0.29, 0.717) is 6.61 Å². The van der Waals surface area contributed by atoms with Crippen LogP contribution in [0.4, 0.5) is 0 Å². The van der Waals surface area contributed by atoms with E-state index >= 15 is 0 Å². The Morgan fingerprint density at radius 3 is 2.11 bits per heavy atom. The van der Waals surface area contributed by atoms with Gasteiger partial charge in [0.05, 0.1) is 31.8 Å². The minimum atomic E-state index is -0.999. The summed E-state index contributed by atoms with van der Waals surface area (Å²) in [4.78, 5) is 11.3. The van der Waals surface area contributed by atoms with E-state index in [0.717, 1.165) is 5.57 Å². The Balaban J connectivity index is 4.37. The number of aliphatic hydroxyl groups is 2. The maximum atomic E-state index is 11.3. The standard InChI is InChI=1S/C13H22O5/c1-10(2)5-17-8-13(6-14,7-15)9-18-12(16)11(3)4/h14-15H,1,3,5-9H2,2,4H3. The van der Waals surface area contributed by atoms with Crippen molar-refractivity contribution in [2.75, 3.05) is 33.0 Å². The van der Waals surface area contributed by atoms with Gasteiger partial charge < -0.3 is 19.7 Å². The van der Waals surface area contributed by atoms with Crippen molar-refractivity contribution >= 4 is 5.97 Å². The molecule has 0 unspecified atom stereocenters. The number of hydrogen-bond acceptors (Lipinski definition) is 5. The van der Waals surface area contributed by atoms with Crippen LogP contribution in [0.15, 0.2) is 24.3 Å². The summed E-state index contributed by atoms with van der Waals surface area (Å²) in [5, 5.41) is 18.6. The summed E-state index contributed by atoms with van der Waals surface area (Å²) in [6.07, 6.45) is 0. The predicted octanol–water partition coefficient (Wildman–Crippen LogP) is 0.669. The van der Waals surface area contributed by atoms with E-state index in [1.807, 2.05) is 0 Å². The van der Waals surface area contributed by atoms with Crippen LogP contribution in [0.3, 0.4) is 0 Å². The van der Waals surface area contributed by atoms with Crippen LogP contribution in [0, 0.1) is 5.41 Å². The summed E-state index contributed by atoms with van der Waals surface area (Å²) >= 11 is 0. The van der Waals surface area contributed by atoms with Crippen molar-refractivity contribution in [3.05, 3.63) is 24.3 Å². The zero-order chi connectivity index (χ0) is 14.2. The van der Waals surface area contributed by atoms with Gasteiger partial charge in [-0.3, -0.25) is 0 Å². The molecule has 18 heavy (non-hydrogen) atoms. The van der Waals surface area contributed by atoms with Crippen molar-refractivity contribution in [2.24, 2.45) is 5.41 Å². The molecule has 0 spiro atoms. The first-order valence-corrected chi connectivity index (χ1v) is 5.63. The highest BCUT2D eigenvalue weighted by molar-refractivity contribution is 5.86. The van der Waals surface area contributed by atoms with Gasteiger partial charge >= 0.3 is 5.97 Å². The lowest BCUT2D eigenvalue weighted by Crippen LogP contribution is -2.40. The quantitative estimate of drug-likeness (QED) is 0.361. The molecule has 0 aliphatic carbocycles. The van der Waals surface area contributed by atoms with Crippen LogP contribution in [-0.2, 0) is 14.3 Å². The van der Waals surface area contributed by atoms with E-state index in [2.05, 4.69) is 13.2 Å². The number of ether oxygens (including phenoxy) is 2. The minimum Gasteiger partial charge on any atom is -0.461 e. The molecular formula is C13H22O5. The second kappa shape index (κ2) is 8.02. The molecule has 0 rings (SSSR count). The van der Waals surface area contributed by atoms with Crippen LogP contribution < -0.4 is 0 Å². The van der Waals surface area contributed by atoms with Gasteiger partial charge in [0.25, 0.3) is 0 Å². The molecule has 0 fully saturated rings. The second-order valence-electron chi connectivity index (χ2n) is 4.62. The molecule has 0 bridgehead atoms. The highest BCUT2D eigenvalue weighted by Gasteiger charge is 2.31. The van der Waals surface area contributed by atoms with Gasteiger partial charge in [-0.05, 0) is 13.8 Å². The topological polar surface area (TPSA) is 76.0 Å². The molecule has 0 aliphatic rings. The molecular weight excluding hydrogens is 236 g/mol. The normalized spacial score (nSPS) is 11.1. The lowest BCUT2D eigenvalue weighted by atomic mass is 9.92. The second-order valence-corrected chi connectivity index (χ2v) is 4.62. The first kappa shape index (κ1) is 16.8. The lowest BCUT2D eigenvalue weighted by Gasteiger charge is -2.28. The van der Waals surface area contributed by atoms with Gasteiger partial charge in [0.1, 0.15) is 6.61 Å². The summed E-state index contributed by atoms with van der Waals surface area (Å²) in [6, 6.07) is 0. The molecule has 0 aliphatic heterocycles. The first-order valence-electron chi connectivity index (χ1n) is 5.63. The third-order valence-corrected chi connectivity index (χ3v) is 2.29. The lowest BCUT2D eigenvalue weighted by molar-refractivity contribution is -0.147. The number of aliphatic hydroxyl groups excluding tert-OH is 2. The number of esters is 1. The van der Waals surface area contributed by atoms with Gasteiger partial charge in [-0.2, -0.15) is 0 Å². The Morgan fingerprint density at radius 1 is 1.17 bits per heavy atom. The van der Waals surface area contributed by atoms with E-state index in [4.69, 9.17) is 9.47 Å². The molecule has 0 aromatic carbocycles. The maximum absolute atomic E-state index is 11.3. The van der Waals surface area contributed by atoms with Gasteiger partial charge in [0.2, 0.25) is 0 Å². The fraction of sp³-hybridized carbons (Fsp3) is 0.615. The molecule has 0 aromatic rings. The summed E-state index contributed by atoms with van der Waals surface area (Å²) in [5.74, 6) is -0.554. The predicted molar refractivity (Wildman–Crippen MR) is 68.0 cm³/mol. The zero-order valence-electron chi connectivity index (χ0n) is 11.1. The number of rotatable bonds is 9. The van der Waals surface area contributed by atoms with E-state index < -0.39 is 11.4 Å². The summed E-state index contributed by atoms with van der Waals surface area (Å²) < 4.78 is 10.2. The van der Waals surface area contributed by atoms with Gasteiger partial charge in [0, 0.05) is 5.57 Å².